The van der Waals surface area contributed by atoms with Crippen LogP contribution >= 0.6 is 0 Å². The van der Waals surface area contributed by atoms with Crippen molar-refractivity contribution in [1.82, 2.24) is 15.5 Å². The topological polar surface area (TPSA) is 89.1 Å². The van der Waals surface area contributed by atoms with E-state index in [2.05, 4.69) is 29.4 Å². The van der Waals surface area contributed by atoms with Gasteiger partial charge in [-0.15, -0.1) is 0 Å². The molecule has 2 aliphatic heterocycles. The van der Waals surface area contributed by atoms with Crippen molar-refractivity contribution in [3.8, 4) is 17.2 Å². The number of amides is 2. The van der Waals surface area contributed by atoms with E-state index in [1.54, 1.807) is 0 Å². The molecule has 0 bridgehead atoms. The molecule has 8 heteroatoms. The summed E-state index contributed by atoms with van der Waals surface area (Å²) in [5, 5.41) is 6.11. The summed E-state index contributed by atoms with van der Waals surface area (Å²) in [7, 11) is 0. The summed E-state index contributed by atoms with van der Waals surface area (Å²) in [5.41, 5.74) is 2.49. The molecule has 2 N–H and O–H groups in total. The summed E-state index contributed by atoms with van der Waals surface area (Å²) in [6.07, 6.45) is 4.45. The van der Waals surface area contributed by atoms with Crippen LogP contribution in [-0.4, -0.2) is 56.3 Å². The molecule has 0 spiro atoms. The van der Waals surface area contributed by atoms with E-state index in [-0.39, 0.29) is 18.6 Å². The molecule has 2 amide bonds. The average molecular weight is 510 g/mol. The highest BCUT2D eigenvalue weighted by Crippen LogP contribution is 2.32. The summed E-state index contributed by atoms with van der Waals surface area (Å²) in [6.45, 7) is 7.89. The first-order valence-corrected chi connectivity index (χ1v) is 13.4. The maximum absolute atomic E-state index is 13.4. The molecule has 0 unspecified atom stereocenters. The van der Waals surface area contributed by atoms with E-state index in [1.165, 1.54) is 0 Å². The fraction of sp³-hybridized carbons (Fsp3) is 0.517. The van der Waals surface area contributed by atoms with Gasteiger partial charge in [0.1, 0.15) is 5.75 Å². The van der Waals surface area contributed by atoms with Crippen LogP contribution in [0.3, 0.4) is 0 Å². The number of benzene rings is 2. The van der Waals surface area contributed by atoms with Gasteiger partial charge >= 0.3 is 0 Å². The van der Waals surface area contributed by atoms with Crippen molar-refractivity contribution in [3.63, 3.8) is 0 Å². The van der Waals surface area contributed by atoms with E-state index in [4.69, 9.17) is 14.2 Å². The molecule has 0 fully saturated rings. The summed E-state index contributed by atoms with van der Waals surface area (Å²) < 4.78 is 17.0. The predicted octanol–water partition coefficient (Wildman–Crippen LogP) is 3.91. The lowest BCUT2D eigenvalue weighted by molar-refractivity contribution is -0.122. The van der Waals surface area contributed by atoms with E-state index in [0.717, 1.165) is 60.6 Å². The molecule has 0 atom stereocenters. The van der Waals surface area contributed by atoms with Crippen molar-refractivity contribution in [2.75, 3.05) is 39.6 Å². The highest BCUT2D eigenvalue weighted by Gasteiger charge is 2.21. The minimum absolute atomic E-state index is 0.0242. The van der Waals surface area contributed by atoms with Crippen molar-refractivity contribution in [1.29, 1.82) is 0 Å². The Hall–Kier alpha value is -3.26. The number of fused-ring (bicyclic) bond motifs is 2. The Kier molecular flexibility index (Phi) is 9.65. The van der Waals surface area contributed by atoms with Gasteiger partial charge in [-0.2, -0.15) is 0 Å². The SMILES string of the molecule is CC(C)CCN1CC(=O)NCCCCCOc2cccc(C(=O)NCCc3ccc4c(c3)OCO4)c2C1. The van der Waals surface area contributed by atoms with Gasteiger partial charge in [-0.3, -0.25) is 14.5 Å². The maximum Gasteiger partial charge on any atom is 0.251 e. The first-order chi connectivity index (χ1) is 18.0. The van der Waals surface area contributed by atoms with Crippen LogP contribution in [0.4, 0.5) is 0 Å². The summed E-state index contributed by atoms with van der Waals surface area (Å²) >= 11 is 0. The molecule has 37 heavy (non-hydrogen) atoms. The lowest BCUT2D eigenvalue weighted by Gasteiger charge is -2.25. The molecule has 0 aromatic heterocycles. The summed E-state index contributed by atoms with van der Waals surface area (Å²) in [6, 6.07) is 11.5. The maximum atomic E-state index is 13.4. The molecule has 0 saturated carbocycles. The Morgan fingerprint density at radius 2 is 1.89 bits per heavy atom. The fourth-order valence-electron chi connectivity index (χ4n) is 4.54. The first-order valence-electron chi connectivity index (χ1n) is 13.4. The Bertz CT molecular complexity index is 1070. The summed E-state index contributed by atoms with van der Waals surface area (Å²) in [4.78, 5) is 28.1. The van der Waals surface area contributed by atoms with Crippen LogP contribution < -0.4 is 24.8 Å². The van der Waals surface area contributed by atoms with Crippen LogP contribution in [0.5, 0.6) is 17.2 Å². The highest BCUT2D eigenvalue weighted by molar-refractivity contribution is 5.96. The van der Waals surface area contributed by atoms with E-state index < -0.39 is 0 Å². The zero-order chi connectivity index (χ0) is 26.0. The van der Waals surface area contributed by atoms with Crippen molar-refractivity contribution in [3.05, 3.63) is 53.1 Å². The zero-order valence-corrected chi connectivity index (χ0v) is 22.0. The van der Waals surface area contributed by atoms with E-state index in [1.807, 2.05) is 36.4 Å². The molecular weight excluding hydrogens is 470 g/mol. The van der Waals surface area contributed by atoms with Crippen molar-refractivity contribution >= 4 is 11.8 Å². The third-order valence-corrected chi connectivity index (χ3v) is 6.69. The lowest BCUT2D eigenvalue weighted by atomic mass is 10.0. The first kappa shape index (κ1) is 26.8. The number of carbonyl (C=O) groups is 2. The minimum atomic E-state index is -0.140. The number of hydrogen-bond donors (Lipinski definition) is 2. The van der Waals surface area contributed by atoms with Gasteiger partial charge < -0.3 is 24.8 Å². The smallest absolute Gasteiger partial charge is 0.251 e. The minimum Gasteiger partial charge on any atom is -0.493 e. The van der Waals surface area contributed by atoms with Gasteiger partial charge in [0.05, 0.1) is 13.2 Å². The third kappa shape index (κ3) is 7.86. The Morgan fingerprint density at radius 3 is 2.76 bits per heavy atom. The molecule has 2 heterocycles. The number of ether oxygens (including phenoxy) is 3. The molecule has 0 saturated heterocycles. The molecule has 2 aromatic rings. The van der Waals surface area contributed by atoms with Crippen LogP contribution in [0.15, 0.2) is 36.4 Å². The Morgan fingerprint density at radius 1 is 1.03 bits per heavy atom. The monoisotopic (exact) mass is 509 g/mol. The number of carbonyl (C=O) groups excluding carboxylic acids is 2. The second-order valence-corrected chi connectivity index (χ2v) is 10.1. The van der Waals surface area contributed by atoms with Crippen LogP contribution in [0.1, 0.15) is 61.0 Å². The Balaban J connectivity index is 1.49. The zero-order valence-electron chi connectivity index (χ0n) is 22.0. The van der Waals surface area contributed by atoms with Crippen molar-refractivity contribution < 1.29 is 23.8 Å². The third-order valence-electron chi connectivity index (χ3n) is 6.69. The van der Waals surface area contributed by atoms with Crippen molar-refractivity contribution in [2.45, 2.75) is 52.5 Å². The molecular formula is C29H39N3O5. The van der Waals surface area contributed by atoms with Gasteiger partial charge in [-0.25, -0.2) is 0 Å². The van der Waals surface area contributed by atoms with Gasteiger partial charge in [0.2, 0.25) is 12.7 Å². The number of nitrogens with one attached hydrogen (secondary N) is 2. The molecule has 200 valence electrons. The standard InChI is InChI=1S/C29H39N3O5/c1-21(2)12-15-32-18-24-23(7-6-8-25(24)35-16-5-3-4-13-30-28(33)19-32)29(34)31-14-11-22-9-10-26-27(17-22)37-20-36-26/h6-10,17,21H,3-5,11-16,18-20H2,1-2H3,(H,30,33)(H,31,34). The van der Waals surface area contributed by atoms with Gasteiger partial charge in [0.25, 0.3) is 5.91 Å². The van der Waals surface area contributed by atoms with Crippen molar-refractivity contribution in [2.24, 2.45) is 5.92 Å². The average Bonchev–Trinajstić information content (AvgIpc) is 3.35. The molecule has 8 nitrogen and oxygen atoms in total. The normalized spacial score (nSPS) is 16.6. The van der Waals surface area contributed by atoms with Crippen LogP contribution in [-0.2, 0) is 17.8 Å². The summed E-state index contributed by atoms with van der Waals surface area (Å²) in [5.74, 6) is 2.61. The van der Waals surface area contributed by atoms with Gasteiger partial charge in [0, 0.05) is 30.8 Å². The number of rotatable bonds is 7. The fourth-order valence-corrected chi connectivity index (χ4v) is 4.54. The van der Waals surface area contributed by atoms with E-state index in [0.29, 0.717) is 50.7 Å². The van der Waals surface area contributed by atoms with Gasteiger partial charge in [0.15, 0.2) is 11.5 Å². The van der Waals surface area contributed by atoms with E-state index >= 15 is 0 Å². The Labute approximate surface area is 219 Å². The van der Waals surface area contributed by atoms with Crippen LogP contribution in [0.25, 0.3) is 0 Å². The number of nitrogens with zero attached hydrogens (tertiary/aromatic N) is 1. The second-order valence-electron chi connectivity index (χ2n) is 10.1. The molecule has 0 aliphatic carbocycles. The molecule has 4 rings (SSSR count). The molecule has 2 aromatic carbocycles. The van der Waals surface area contributed by atoms with E-state index in [9.17, 15) is 9.59 Å². The van der Waals surface area contributed by atoms with Crippen LogP contribution in [0, 0.1) is 5.92 Å². The molecule has 0 radical (unpaired) electrons. The quantitative estimate of drug-likeness (QED) is 0.588. The highest BCUT2D eigenvalue weighted by atomic mass is 16.7. The molecule has 2 aliphatic rings. The largest absolute Gasteiger partial charge is 0.493 e. The van der Waals surface area contributed by atoms with Gasteiger partial charge in [-0.05, 0) is 74.4 Å². The van der Waals surface area contributed by atoms with Crippen LogP contribution in [0.2, 0.25) is 0 Å². The predicted molar refractivity (Wildman–Crippen MR) is 142 cm³/mol. The second kappa shape index (κ2) is 13.3. The number of hydrogen-bond acceptors (Lipinski definition) is 6. The lowest BCUT2D eigenvalue weighted by Crippen LogP contribution is -2.38. The van der Waals surface area contributed by atoms with Gasteiger partial charge in [-0.1, -0.05) is 26.0 Å².